The third-order valence-corrected chi connectivity index (χ3v) is 3.46. The summed E-state index contributed by atoms with van der Waals surface area (Å²) >= 11 is -0.675. The van der Waals surface area contributed by atoms with Crippen molar-refractivity contribution in [2.75, 3.05) is 0 Å². The number of rotatable bonds is 5. The number of aromatic nitrogens is 2. The Morgan fingerprint density at radius 3 is 2.43 bits per heavy atom. The van der Waals surface area contributed by atoms with Gasteiger partial charge in [-0.1, -0.05) is 30.3 Å². The van der Waals surface area contributed by atoms with E-state index in [4.69, 9.17) is 12.0 Å². The molecule has 1 aromatic heterocycles. The normalized spacial score (nSPS) is 10.1. The second-order valence-electron chi connectivity index (χ2n) is 4.27. The number of hydrogen-bond acceptors (Lipinski definition) is 5. The second kappa shape index (κ2) is 6.44. The summed E-state index contributed by atoms with van der Waals surface area (Å²) in [7, 11) is 0. The summed E-state index contributed by atoms with van der Waals surface area (Å²) in [4.78, 5) is 0. The third-order valence-electron chi connectivity index (χ3n) is 2.75. The zero-order valence-corrected chi connectivity index (χ0v) is 12.5. The van der Waals surface area contributed by atoms with Crippen LogP contribution >= 0.6 is 0 Å². The number of aryl methyl sites for hydroxylation is 1. The van der Waals surface area contributed by atoms with E-state index in [1.165, 1.54) is 0 Å². The minimum atomic E-state index is -0.675. The summed E-state index contributed by atoms with van der Waals surface area (Å²) < 4.78 is 16.8. The molecule has 0 spiro atoms. The van der Waals surface area contributed by atoms with Crippen LogP contribution < -0.4 is 7.58 Å². The molecule has 0 aliphatic heterocycles. The Balaban J connectivity index is 1.71. The standard InChI is InChI=1S/C9H8N2O2.C6H6O.Al/c1-6-10-11-9(13-6)7-4-2-3-5-8(7)12;7-6-4-2-1-3-5-6;/h2-5,12H,1H3;1-5,7H;/q;;+2/p-2. The predicted molar refractivity (Wildman–Crippen MR) is 77.9 cm³/mol. The molecule has 0 aliphatic rings. The van der Waals surface area contributed by atoms with Crippen LogP contribution in [0.2, 0.25) is 0 Å². The van der Waals surface area contributed by atoms with Crippen LogP contribution in [-0.2, 0) is 0 Å². The average Bonchev–Trinajstić information content (AvgIpc) is 2.95. The molecule has 3 rings (SSSR count). The van der Waals surface area contributed by atoms with Crippen LogP contribution in [0, 0.1) is 6.92 Å². The lowest BCUT2D eigenvalue weighted by atomic mass is 10.2. The third kappa shape index (κ3) is 3.43. The molecule has 103 valence electrons. The number of para-hydroxylation sites is 2. The Hall–Kier alpha value is -2.29. The molecule has 0 atom stereocenters. The molecule has 0 aliphatic carbocycles. The summed E-state index contributed by atoms with van der Waals surface area (Å²) in [5.41, 5.74) is 0.766. The Bertz CT molecular complexity index is 716. The highest BCUT2D eigenvalue weighted by Gasteiger charge is 2.14. The zero-order valence-electron chi connectivity index (χ0n) is 11.4. The van der Waals surface area contributed by atoms with Gasteiger partial charge in [-0.3, -0.25) is 0 Å². The predicted octanol–water partition coefficient (Wildman–Crippen LogP) is 3.04. The molecule has 0 unspecified atom stereocenters. The summed E-state index contributed by atoms with van der Waals surface area (Å²) in [6, 6.07) is 17.1. The molecule has 0 saturated carbocycles. The van der Waals surface area contributed by atoms with Crippen molar-refractivity contribution in [1.29, 1.82) is 0 Å². The molecular formula is C15H12AlN2O3. The van der Waals surface area contributed by atoms with Gasteiger partial charge in [0.15, 0.2) is 0 Å². The van der Waals surface area contributed by atoms with Crippen molar-refractivity contribution in [2.24, 2.45) is 0 Å². The molecule has 0 bridgehead atoms. The van der Waals surface area contributed by atoms with Crippen LogP contribution in [0.1, 0.15) is 5.89 Å². The Morgan fingerprint density at radius 1 is 0.905 bits per heavy atom. The highest BCUT2D eigenvalue weighted by Crippen LogP contribution is 2.28. The SMILES string of the molecule is Cc1nnc(-c2ccccc2[O][Al][O]c2ccccc2)o1. The van der Waals surface area contributed by atoms with Crippen molar-refractivity contribution >= 4 is 15.9 Å². The molecule has 0 fully saturated rings. The van der Waals surface area contributed by atoms with Crippen LogP contribution in [0.5, 0.6) is 11.5 Å². The smallest absolute Gasteiger partial charge is 0.616 e. The molecule has 2 aromatic carbocycles. The van der Waals surface area contributed by atoms with E-state index in [0.717, 1.165) is 11.3 Å². The average molecular weight is 295 g/mol. The van der Waals surface area contributed by atoms with E-state index in [0.29, 0.717) is 17.5 Å². The topological polar surface area (TPSA) is 57.4 Å². The summed E-state index contributed by atoms with van der Waals surface area (Å²) in [6.07, 6.45) is 0. The Kier molecular flexibility index (Phi) is 4.20. The van der Waals surface area contributed by atoms with Gasteiger partial charge < -0.3 is 12.0 Å². The number of benzene rings is 2. The number of hydrogen-bond donors (Lipinski definition) is 0. The van der Waals surface area contributed by atoms with Gasteiger partial charge >= 0.3 is 15.9 Å². The van der Waals surface area contributed by atoms with Crippen molar-refractivity contribution < 1.29 is 12.0 Å². The van der Waals surface area contributed by atoms with E-state index in [9.17, 15) is 0 Å². The maximum Gasteiger partial charge on any atom is 0.881 e. The monoisotopic (exact) mass is 295 g/mol. The lowest BCUT2D eigenvalue weighted by Crippen LogP contribution is -2.11. The molecule has 0 saturated heterocycles. The summed E-state index contributed by atoms with van der Waals surface area (Å²) in [6.45, 7) is 1.75. The fourth-order valence-corrected chi connectivity index (χ4v) is 2.41. The van der Waals surface area contributed by atoms with E-state index in [-0.39, 0.29) is 0 Å². The first kappa shape index (κ1) is 13.7. The first-order valence-corrected chi connectivity index (χ1v) is 7.37. The highest BCUT2D eigenvalue weighted by molar-refractivity contribution is 6.21. The van der Waals surface area contributed by atoms with E-state index in [1.54, 1.807) is 6.92 Å². The van der Waals surface area contributed by atoms with Gasteiger partial charge in [0.25, 0.3) is 5.89 Å². The van der Waals surface area contributed by atoms with Gasteiger partial charge in [0.05, 0.1) is 17.1 Å². The second-order valence-corrected chi connectivity index (χ2v) is 4.93. The van der Waals surface area contributed by atoms with Crippen molar-refractivity contribution in [3.63, 3.8) is 0 Å². The molecule has 6 heteroatoms. The molecule has 5 nitrogen and oxygen atoms in total. The van der Waals surface area contributed by atoms with Crippen LogP contribution in [-0.4, -0.2) is 26.1 Å². The summed E-state index contributed by atoms with van der Waals surface area (Å²) in [5, 5.41) is 7.85. The van der Waals surface area contributed by atoms with Gasteiger partial charge in [0, 0.05) is 6.92 Å². The van der Waals surface area contributed by atoms with Gasteiger partial charge in [0.1, 0.15) is 0 Å². The lowest BCUT2D eigenvalue weighted by molar-refractivity contribution is 0.457. The van der Waals surface area contributed by atoms with Crippen molar-refractivity contribution in [1.82, 2.24) is 10.2 Å². The van der Waals surface area contributed by atoms with Gasteiger partial charge in [-0.15, -0.1) is 10.2 Å². The quantitative estimate of drug-likeness (QED) is 0.677. The van der Waals surface area contributed by atoms with E-state index in [1.807, 2.05) is 54.6 Å². The molecule has 0 N–H and O–H groups in total. The Labute approximate surface area is 128 Å². The highest BCUT2D eigenvalue weighted by atomic mass is 27.2. The Morgan fingerprint density at radius 2 is 1.67 bits per heavy atom. The van der Waals surface area contributed by atoms with E-state index >= 15 is 0 Å². The van der Waals surface area contributed by atoms with E-state index < -0.39 is 15.9 Å². The van der Waals surface area contributed by atoms with Crippen LogP contribution in [0.25, 0.3) is 11.5 Å². The van der Waals surface area contributed by atoms with Gasteiger partial charge in [-0.2, -0.15) is 0 Å². The molecule has 1 heterocycles. The van der Waals surface area contributed by atoms with E-state index in [2.05, 4.69) is 10.2 Å². The first-order chi connectivity index (χ1) is 10.3. The molecule has 0 amide bonds. The minimum Gasteiger partial charge on any atom is -0.616 e. The minimum absolute atomic E-state index is 0.446. The van der Waals surface area contributed by atoms with Gasteiger partial charge in [-0.25, -0.2) is 0 Å². The van der Waals surface area contributed by atoms with Crippen molar-refractivity contribution in [2.45, 2.75) is 6.92 Å². The van der Waals surface area contributed by atoms with Crippen LogP contribution in [0.15, 0.2) is 59.0 Å². The first-order valence-electron chi connectivity index (χ1n) is 6.42. The fraction of sp³-hybridized carbons (Fsp3) is 0.0667. The maximum absolute atomic E-state index is 5.74. The number of nitrogens with zero attached hydrogens (tertiary/aromatic N) is 2. The lowest BCUT2D eigenvalue weighted by Gasteiger charge is -2.10. The van der Waals surface area contributed by atoms with Crippen LogP contribution in [0.4, 0.5) is 0 Å². The van der Waals surface area contributed by atoms with Gasteiger partial charge in [-0.05, 0) is 24.3 Å². The van der Waals surface area contributed by atoms with Crippen LogP contribution in [0.3, 0.4) is 0 Å². The largest absolute Gasteiger partial charge is 0.881 e. The molecule has 21 heavy (non-hydrogen) atoms. The van der Waals surface area contributed by atoms with Crippen molar-refractivity contribution in [3.05, 3.63) is 60.5 Å². The summed E-state index contributed by atoms with van der Waals surface area (Å²) in [5.74, 6) is 2.43. The maximum atomic E-state index is 5.74. The zero-order chi connectivity index (χ0) is 14.5. The van der Waals surface area contributed by atoms with Gasteiger partial charge in [0.2, 0.25) is 5.89 Å². The molecule has 1 radical (unpaired) electrons. The molecule has 3 aromatic rings. The molecular weight excluding hydrogens is 283 g/mol. The van der Waals surface area contributed by atoms with Crippen molar-refractivity contribution in [3.8, 4) is 23.0 Å². The fourth-order valence-electron chi connectivity index (χ4n) is 1.78.